The van der Waals surface area contributed by atoms with Gasteiger partial charge in [-0.1, -0.05) is 30.3 Å². The molecule has 0 atom stereocenters. The van der Waals surface area contributed by atoms with Gasteiger partial charge in [0.1, 0.15) is 5.75 Å². The summed E-state index contributed by atoms with van der Waals surface area (Å²) < 4.78 is 5.98. The zero-order valence-electron chi connectivity index (χ0n) is 13.9. The molecule has 0 aliphatic carbocycles. The second kappa shape index (κ2) is 5.61. The van der Waals surface area contributed by atoms with E-state index < -0.39 is 5.41 Å². The number of rotatable bonds is 3. The van der Waals surface area contributed by atoms with E-state index in [1.165, 1.54) is 0 Å². The van der Waals surface area contributed by atoms with E-state index in [2.05, 4.69) is 29.1 Å². The standard InChI is InChI=1S/C19H22N2O2/c1-12(2)23-16-10-9-13-7-5-6-8-14(13)15(16)11-17-19(3,4)18(22)21-20-17/h5-12,20H,1-4H3,(H,21,22)/b17-11-. The predicted molar refractivity (Wildman–Crippen MR) is 92.7 cm³/mol. The molecule has 1 heterocycles. The summed E-state index contributed by atoms with van der Waals surface area (Å²) in [5, 5.41) is 2.25. The van der Waals surface area contributed by atoms with E-state index in [-0.39, 0.29) is 12.0 Å². The molecule has 0 radical (unpaired) electrons. The Hall–Kier alpha value is -2.49. The van der Waals surface area contributed by atoms with Crippen LogP contribution >= 0.6 is 0 Å². The maximum atomic E-state index is 12.0. The van der Waals surface area contributed by atoms with E-state index in [1.54, 1.807) is 0 Å². The maximum absolute atomic E-state index is 12.0. The lowest BCUT2D eigenvalue weighted by atomic mass is 9.88. The number of benzene rings is 2. The zero-order valence-corrected chi connectivity index (χ0v) is 13.9. The minimum Gasteiger partial charge on any atom is -0.490 e. The molecule has 1 fully saturated rings. The molecule has 2 aromatic rings. The molecule has 0 spiro atoms. The summed E-state index contributed by atoms with van der Waals surface area (Å²) in [6, 6.07) is 12.2. The van der Waals surface area contributed by atoms with Crippen molar-refractivity contribution in [3.8, 4) is 5.75 Å². The van der Waals surface area contributed by atoms with Crippen LogP contribution in [0.4, 0.5) is 0 Å². The second-order valence-electron chi connectivity index (χ2n) is 6.63. The van der Waals surface area contributed by atoms with E-state index in [0.717, 1.165) is 27.8 Å². The third-order valence-electron chi connectivity index (χ3n) is 4.13. The summed E-state index contributed by atoms with van der Waals surface area (Å²) in [5.41, 5.74) is 6.93. The second-order valence-corrected chi connectivity index (χ2v) is 6.63. The van der Waals surface area contributed by atoms with Crippen molar-refractivity contribution in [1.82, 2.24) is 10.9 Å². The summed E-state index contributed by atoms with van der Waals surface area (Å²) in [6.07, 6.45) is 2.09. The number of ether oxygens (including phenoxy) is 1. The van der Waals surface area contributed by atoms with Crippen LogP contribution in [-0.2, 0) is 4.79 Å². The third-order valence-corrected chi connectivity index (χ3v) is 4.13. The molecule has 1 aliphatic heterocycles. The molecular weight excluding hydrogens is 288 g/mol. The number of carbonyl (C=O) groups excluding carboxylic acids is 1. The number of amides is 1. The van der Waals surface area contributed by atoms with Gasteiger partial charge in [-0.25, -0.2) is 0 Å². The molecular formula is C19H22N2O2. The fourth-order valence-corrected chi connectivity index (χ4v) is 2.70. The van der Waals surface area contributed by atoms with Crippen LogP contribution in [-0.4, -0.2) is 12.0 Å². The number of hydrogen-bond donors (Lipinski definition) is 2. The van der Waals surface area contributed by atoms with Crippen LogP contribution in [0.15, 0.2) is 42.1 Å². The van der Waals surface area contributed by atoms with E-state index >= 15 is 0 Å². The van der Waals surface area contributed by atoms with Gasteiger partial charge >= 0.3 is 0 Å². The highest BCUT2D eigenvalue weighted by molar-refractivity contribution is 5.95. The summed E-state index contributed by atoms with van der Waals surface area (Å²) in [6.45, 7) is 7.83. The van der Waals surface area contributed by atoms with Crippen LogP contribution in [0.1, 0.15) is 33.3 Å². The first-order valence-electron chi connectivity index (χ1n) is 7.86. The molecule has 4 heteroatoms. The highest BCUT2D eigenvalue weighted by atomic mass is 16.5. The van der Waals surface area contributed by atoms with Crippen molar-refractivity contribution >= 4 is 22.8 Å². The third kappa shape index (κ3) is 2.77. The van der Waals surface area contributed by atoms with Gasteiger partial charge in [0.05, 0.1) is 11.5 Å². The van der Waals surface area contributed by atoms with Gasteiger partial charge < -0.3 is 10.2 Å². The first-order valence-corrected chi connectivity index (χ1v) is 7.86. The summed E-state index contributed by atoms with van der Waals surface area (Å²) in [7, 11) is 0. The fourth-order valence-electron chi connectivity index (χ4n) is 2.70. The van der Waals surface area contributed by atoms with E-state index in [4.69, 9.17) is 4.74 Å². The van der Waals surface area contributed by atoms with Crippen molar-refractivity contribution in [2.75, 3.05) is 0 Å². The number of carbonyl (C=O) groups is 1. The molecule has 2 N–H and O–H groups in total. The smallest absolute Gasteiger partial charge is 0.249 e. The van der Waals surface area contributed by atoms with Gasteiger partial charge in [0.25, 0.3) is 0 Å². The van der Waals surface area contributed by atoms with Gasteiger partial charge in [-0.05, 0) is 50.6 Å². The molecule has 3 rings (SSSR count). The lowest BCUT2D eigenvalue weighted by Crippen LogP contribution is -2.28. The zero-order chi connectivity index (χ0) is 16.6. The minimum absolute atomic E-state index is 0.0321. The lowest BCUT2D eigenvalue weighted by Gasteiger charge is -2.18. The molecule has 4 nitrogen and oxygen atoms in total. The van der Waals surface area contributed by atoms with Gasteiger partial charge in [-0.15, -0.1) is 0 Å². The van der Waals surface area contributed by atoms with Gasteiger partial charge in [-0.2, -0.15) is 0 Å². The number of hydrazine groups is 1. The van der Waals surface area contributed by atoms with Crippen LogP contribution < -0.4 is 15.6 Å². The molecule has 0 aromatic heterocycles. The van der Waals surface area contributed by atoms with Crippen molar-refractivity contribution in [2.24, 2.45) is 5.41 Å². The summed E-state index contributed by atoms with van der Waals surface area (Å²) in [5.74, 6) is 0.790. The van der Waals surface area contributed by atoms with Crippen LogP contribution in [0.25, 0.3) is 16.8 Å². The van der Waals surface area contributed by atoms with Gasteiger partial charge in [0.15, 0.2) is 0 Å². The Bertz CT molecular complexity index is 791. The van der Waals surface area contributed by atoms with Gasteiger partial charge in [-0.3, -0.25) is 10.2 Å². The highest BCUT2D eigenvalue weighted by Gasteiger charge is 2.38. The van der Waals surface area contributed by atoms with Crippen LogP contribution in [0.2, 0.25) is 0 Å². The fraction of sp³-hybridized carbons (Fsp3) is 0.316. The van der Waals surface area contributed by atoms with Crippen molar-refractivity contribution in [3.63, 3.8) is 0 Å². The maximum Gasteiger partial charge on any atom is 0.249 e. The van der Waals surface area contributed by atoms with E-state index in [9.17, 15) is 4.79 Å². The van der Waals surface area contributed by atoms with Crippen LogP contribution in [0, 0.1) is 5.41 Å². The van der Waals surface area contributed by atoms with Crippen molar-refractivity contribution < 1.29 is 9.53 Å². The molecule has 120 valence electrons. The lowest BCUT2D eigenvalue weighted by molar-refractivity contribution is -0.125. The Morgan fingerprint density at radius 1 is 1.09 bits per heavy atom. The molecule has 1 saturated heterocycles. The Labute approximate surface area is 136 Å². The van der Waals surface area contributed by atoms with E-state index in [1.807, 2.05) is 52.0 Å². The summed E-state index contributed by atoms with van der Waals surface area (Å²) in [4.78, 5) is 12.0. The Morgan fingerprint density at radius 3 is 2.48 bits per heavy atom. The molecule has 23 heavy (non-hydrogen) atoms. The highest BCUT2D eigenvalue weighted by Crippen LogP contribution is 2.35. The number of fused-ring (bicyclic) bond motifs is 1. The Kier molecular flexibility index (Phi) is 3.76. The Morgan fingerprint density at radius 2 is 1.83 bits per heavy atom. The minimum atomic E-state index is -0.591. The number of nitrogens with one attached hydrogen (secondary N) is 2. The van der Waals surface area contributed by atoms with Crippen molar-refractivity contribution in [3.05, 3.63) is 47.7 Å². The topological polar surface area (TPSA) is 50.4 Å². The van der Waals surface area contributed by atoms with Crippen molar-refractivity contribution in [1.29, 1.82) is 0 Å². The van der Waals surface area contributed by atoms with Crippen LogP contribution in [0.3, 0.4) is 0 Å². The predicted octanol–water partition coefficient (Wildman–Crippen LogP) is 3.63. The monoisotopic (exact) mass is 310 g/mol. The van der Waals surface area contributed by atoms with E-state index in [0.29, 0.717) is 0 Å². The molecule has 0 saturated carbocycles. The molecule has 2 aromatic carbocycles. The quantitative estimate of drug-likeness (QED) is 0.910. The largest absolute Gasteiger partial charge is 0.490 e. The SMILES string of the molecule is CC(C)Oc1ccc2ccccc2c1/C=C1\NNC(=O)C1(C)C. The molecule has 1 aliphatic rings. The van der Waals surface area contributed by atoms with Crippen molar-refractivity contribution in [2.45, 2.75) is 33.8 Å². The molecule has 0 unspecified atom stereocenters. The van der Waals surface area contributed by atoms with Gasteiger partial charge in [0.2, 0.25) is 5.91 Å². The average Bonchev–Trinajstić information content (AvgIpc) is 2.75. The Balaban J connectivity index is 2.20. The average molecular weight is 310 g/mol. The van der Waals surface area contributed by atoms with Crippen LogP contribution in [0.5, 0.6) is 5.75 Å². The molecule has 1 amide bonds. The normalized spacial score (nSPS) is 18.3. The van der Waals surface area contributed by atoms with Gasteiger partial charge in [0, 0.05) is 11.3 Å². The molecule has 0 bridgehead atoms. The first-order chi connectivity index (χ1) is 10.9. The summed E-state index contributed by atoms with van der Waals surface area (Å²) >= 11 is 0. The first kappa shape index (κ1) is 15.4. The number of hydrogen-bond acceptors (Lipinski definition) is 3.